The normalized spacial score (nSPS) is 11.2. The number of alkyl halides is 2. The number of ether oxygens (including phenoxy) is 1. The SMILES string of the molecule is O=C(/C=C\c1ccc(OC(F)F)cc1)Nc1ccc(Br)c2cccnc12. The van der Waals surface area contributed by atoms with Gasteiger partial charge in [-0.1, -0.05) is 34.1 Å². The fraction of sp³-hybridized carbons (Fsp3) is 0.0526. The molecule has 3 rings (SSSR count). The zero-order chi connectivity index (χ0) is 18.5. The number of nitrogens with one attached hydrogen (secondary N) is 1. The van der Waals surface area contributed by atoms with Gasteiger partial charge in [0.15, 0.2) is 0 Å². The average molecular weight is 419 g/mol. The molecule has 1 heterocycles. The zero-order valence-corrected chi connectivity index (χ0v) is 14.9. The highest BCUT2D eigenvalue weighted by molar-refractivity contribution is 9.10. The van der Waals surface area contributed by atoms with E-state index in [1.165, 1.54) is 18.2 Å². The second kappa shape index (κ2) is 8.05. The van der Waals surface area contributed by atoms with E-state index in [4.69, 9.17) is 0 Å². The molecule has 0 aliphatic rings. The van der Waals surface area contributed by atoms with Gasteiger partial charge in [-0.05, 0) is 42.0 Å². The zero-order valence-electron chi connectivity index (χ0n) is 13.3. The van der Waals surface area contributed by atoms with Gasteiger partial charge in [-0.25, -0.2) is 0 Å². The topological polar surface area (TPSA) is 51.2 Å². The van der Waals surface area contributed by atoms with Crippen LogP contribution < -0.4 is 10.1 Å². The van der Waals surface area contributed by atoms with Crippen LogP contribution >= 0.6 is 15.9 Å². The molecule has 0 aliphatic carbocycles. The number of anilines is 1. The quantitative estimate of drug-likeness (QED) is 0.575. The highest BCUT2D eigenvalue weighted by Crippen LogP contribution is 2.28. The van der Waals surface area contributed by atoms with Crippen molar-refractivity contribution in [3.63, 3.8) is 0 Å². The van der Waals surface area contributed by atoms with E-state index in [1.807, 2.05) is 18.2 Å². The number of fused-ring (bicyclic) bond motifs is 1. The summed E-state index contributed by atoms with van der Waals surface area (Å²) in [4.78, 5) is 16.5. The van der Waals surface area contributed by atoms with Crippen LogP contribution in [0.25, 0.3) is 17.0 Å². The van der Waals surface area contributed by atoms with Gasteiger partial charge >= 0.3 is 6.61 Å². The summed E-state index contributed by atoms with van der Waals surface area (Å²) in [5.41, 5.74) is 1.96. The molecule has 132 valence electrons. The van der Waals surface area contributed by atoms with Gasteiger partial charge in [0.2, 0.25) is 5.91 Å². The first-order chi connectivity index (χ1) is 12.5. The minimum absolute atomic E-state index is 0.0639. The second-order valence-electron chi connectivity index (χ2n) is 5.26. The molecule has 3 aromatic rings. The van der Waals surface area contributed by atoms with E-state index in [0.717, 1.165) is 9.86 Å². The molecule has 1 N–H and O–H groups in total. The van der Waals surface area contributed by atoms with Gasteiger partial charge in [0, 0.05) is 22.1 Å². The minimum Gasteiger partial charge on any atom is -0.435 e. The van der Waals surface area contributed by atoms with Crippen molar-refractivity contribution in [2.45, 2.75) is 6.61 Å². The summed E-state index contributed by atoms with van der Waals surface area (Å²) in [5.74, 6) is -0.263. The van der Waals surface area contributed by atoms with Crippen molar-refractivity contribution >= 4 is 44.5 Å². The predicted molar refractivity (Wildman–Crippen MR) is 100 cm³/mol. The lowest BCUT2D eigenvalue weighted by molar-refractivity contribution is -0.111. The van der Waals surface area contributed by atoms with Crippen molar-refractivity contribution in [3.8, 4) is 5.75 Å². The minimum atomic E-state index is -2.86. The van der Waals surface area contributed by atoms with Crippen molar-refractivity contribution in [1.29, 1.82) is 0 Å². The van der Waals surface area contributed by atoms with Crippen LogP contribution in [0.15, 0.2) is 65.3 Å². The van der Waals surface area contributed by atoms with Gasteiger partial charge in [-0.3, -0.25) is 9.78 Å². The number of rotatable bonds is 5. The number of carbonyl (C=O) groups excluding carboxylic acids is 1. The number of amides is 1. The van der Waals surface area contributed by atoms with Crippen molar-refractivity contribution in [2.24, 2.45) is 0 Å². The predicted octanol–water partition coefficient (Wildman–Crippen LogP) is 5.25. The molecule has 0 bridgehead atoms. The highest BCUT2D eigenvalue weighted by Gasteiger charge is 2.07. The van der Waals surface area contributed by atoms with E-state index >= 15 is 0 Å². The van der Waals surface area contributed by atoms with Crippen LogP contribution in [0, 0.1) is 0 Å². The van der Waals surface area contributed by atoms with E-state index in [0.29, 0.717) is 16.8 Å². The van der Waals surface area contributed by atoms with Crippen molar-refractivity contribution in [2.75, 3.05) is 5.32 Å². The van der Waals surface area contributed by atoms with Gasteiger partial charge in [-0.2, -0.15) is 8.78 Å². The maximum atomic E-state index is 12.2. The highest BCUT2D eigenvalue weighted by atomic mass is 79.9. The molecule has 0 saturated heterocycles. The largest absolute Gasteiger partial charge is 0.435 e. The van der Waals surface area contributed by atoms with Gasteiger partial charge < -0.3 is 10.1 Å². The Balaban J connectivity index is 1.71. The Bertz CT molecular complexity index is 959. The standard InChI is InChI=1S/C19H13BrF2N2O2/c20-15-8-9-16(18-14(15)2-1-11-23-18)24-17(25)10-5-12-3-6-13(7-4-12)26-19(21)22/h1-11,19H,(H,24,25)/b10-5-. The molecule has 1 aromatic heterocycles. The van der Waals surface area contributed by atoms with Crippen LogP contribution in [0.3, 0.4) is 0 Å². The summed E-state index contributed by atoms with van der Waals surface area (Å²) >= 11 is 3.46. The number of halogens is 3. The Kier molecular flexibility index (Phi) is 5.58. The molecule has 0 spiro atoms. The van der Waals surface area contributed by atoms with Gasteiger partial charge in [0.05, 0.1) is 11.2 Å². The first kappa shape index (κ1) is 18.0. The first-order valence-electron chi connectivity index (χ1n) is 7.60. The molecule has 26 heavy (non-hydrogen) atoms. The lowest BCUT2D eigenvalue weighted by Gasteiger charge is -2.07. The molecule has 0 aliphatic heterocycles. The summed E-state index contributed by atoms with van der Waals surface area (Å²) in [6.45, 7) is -2.86. The molecule has 1 amide bonds. The van der Waals surface area contributed by atoms with Gasteiger partial charge in [-0.15, -0.1) is 0 Å². The Morgan fingerprint density at radius 1 is 1.15 bits per heavy atom. The number of aromatic nitrogens is 1. The Labute approximate surface area is 156 Å². The van der Waals surface area contributed by atoms with E-state index in [9.17, 15) is 13.6 Å². The maximum Gasteiger partial charge on any atom is 0.387 e. The summed E-state index contributed by atoms with van der Waals surface area (Å²) in [7, 11) is 0. The van der Waals surface area contributed by atoms with Gasteiger partial charge in [0.1, 0.15) is 5.75 Å². The number of benzene rings is 2. The molecular weight excluding hydrogens is 406 g/mol. The third-order valence-electron chi connectivity index (χ3n) is 3.51. The van der Waals surface area contributed by atoms with Crippen LogP contribution in [0.2, 0.25) is 0 Å². The van der Waals surface area contributed by atoms with Crippen molar-refractivity contribution in [3.05, 3.63) is 70.8 Å². The average Bonchev–Trinajstić information content (AvgIpc) is 2.63. The van der Waals surface area contributed by atoms with Gasteiger partial charge in [0.25, 0.3) is 0 Å². The molecule has 2 aromatic carbocycles. The summed E-state index contributed by atoms with van der Waals surface area (Å²) < 4.78 is 29.4. The molecule has 4 nitrogen and oxygen atoms in total. The lowest BCUT2D eigenvalue weighted by Crippen LogP contribution is -2.08. The number of nitrogens with zero attached hydrogens (tertiary/aromatic N) is 1. The molecule has 0 radical (unpaired) electrons. The van der Waals surface area contributed by atoms with Crippen LogP contribution in [0.5, 0.6) is 5.75 Å². The molecule has 0 unspecified atom stereocenters. The smallest absolute Gasteiger partial charge is 0.387 e. The van der Waals surface area contributed by atoms with E-state index in [2.05, 4.69) is 31.0 Å². The molecule has 7 heteroatoms. The Hall–Kier alpha value is -2.80. The number of pyridine rings is 1. The maximum absolute atomic E-state index is 12.2. The monoisotopic (exact) mass is 418 g/mol. The Morgan fingerprint density at radius 2 is 1.92 bits per heavy atom. The number of carbonyl (C=O) groups is 1. The summed E-state index contributed by atoms with van der Waals surface area (Å²) in [6, 6.07) is 13.3. The molecule has 0 atom stereocenters. The molecule has 0 fully saturated rings. The van der Waals surface area contributed by atoms with Crippen LogP contribution in [0.1, 0.15) is 5.56 Å². The molecular formula is C19H13BrF2N2O2. The number of hydrogen-bond acceptors (Lipinski definition) is 3. The van der Waals surface area contributed by atoms with Crippen LogP contribution in [-0.2, 0) is 4.79 Å². The van der Waals surface area contributed by atoms with Crippen LogP contribution in [0.4, 0.5) is 14.5 Å². The van der Waals surface area contributed by atoms with Crippen LogP contribution in [-0.4, -0.2) is 17.5 Å². The van der Waals surface area contributed by atoms with E-state index in [-0.39, 0.29) is 11.7 Å². The van der Waals surface area contributed by atoms with Crippen molar-refractivity contribution in [1.82, 2.24) is 4.98 Å². The van der Waals surface area contributed by atoms with E-state index < -0.39 is 6.61 Å². The Morgan fingerprint density at radius 3 is 2.65 bits per heavy atom. The lowest BCUT2D eigenvalue weighted by atomic mass is 10.2. The summed E-state index contributed by atoms with van der Waals surface area (Å²) in [5, 5.41) is 3.68. The molecule has 0 saturated carbocycles. The second-order valence-corrected chi connectivity index (χ2v) is 6.12. The first-order valence-corrected chi connectivity index (χ1v) is 8.39. The summed E-state index contributed by atoms with van der Waals surface area (Å²) in [6.07, 6.45) is 4.60. The fourth-order valence-corrected chi connectivity index (χ4v) is 2.80. The number of hydrogen-bond donors (Lipinski definition) is 1. The third kappa shape index (κ3) is 4.43. The van der Waals surface area contributed by atoms with Crippen molar-refractivity contribution < 1.29 is 18.3 Å². The third-order valence-corrected chi connectivity index (χ3v) is 4.20. The fourth-order valence-electron chi connectivity index (χ4n) is 2.35. The van der Waals surface area contributed by atoms with E-state index in [1.54, 1.807) is 30.5 Å².